The van der Waals surface area contributed by atoms with E-state index in [1.165, 1.54) is 6.42 Å². The van der Waals surface area contributed by atoms with Gasteiger partial charge >= 0.3 is 0 Å². The second-order valence-electron chi connectivity index (χ2n) is 6.71. The molecule has 6 nitrogen and oxygen atoms in total. The second-order valence-corrected chi connectivity index (χ2v) is 6.71. The maximum absolute atomic E-state index is 5.93. The number of pyridine rings is 2. The highest BCUT2D eigenvalue weighted by Gasteiger charge is 2.22. The van der Waals surface area contributed by atoms with Crippen LogP contribution in [0.5, 0.6) is 5.75 Å². The Bertz CT molecular complexity index is 960. The lowest BCUT2D eigenvalue weighted by Crippen LogP contribution is -2.19. The molecule has 0 spiro atoms. The molecule has 0 aliphatic carbocycles. The summed E-state index contributed by atoms with van der Waals surface area (Å²) in [6.45, 7) is 9.53. The molecule has 0 saturated carbocycles. The first-order chi connectivity index (χ1) is 13.3. The van der Waals surface area contributed by atoms with Crippen LogP contribution < -0.4 is 4.74 Å². The number of nitrogens with zero attached hydrogens (tertiary/aromatic N) is 4. The Labute approximate surface area is 158 Å². The van der Waals surface area contributed by atoms with Gasteiger partial charge in [0.05, 0.1) is 29.6 Å². The van der Waals surface area contributed by atoms with Crippen LogP contribution in [0.25, 0.3) is 22.2 Å². The van der Waals surface area contributed by atoms with Gasteiger partial charge in [-0.15, -0.1) is 13.2 Å². The summed E-state index contributed by atoms with van der Waals surface area (Å²) in [5.74, 6) is 0.918. The molecule has 140 valence electrons. The minimum Gasteiger partial charge on any atom is -0.492 e. The number of aromatic nitrogens is 4. The first kappa shape index (κ1) is 17.7. The van der Waals surface area contributed by atoms with Gasteiger partial charge in [-0.1, -0.05) is 0 Å². The van der Waals surface area contributed by atoms with Gasteiger partial charge in [0.1, 0.15) is 5.75 Å². The lowest BCUT2D eigenvalue weighted by Gasteiger charge is -2.23. The zero-order chi connectivity index (χ0) is 18.8. The number of hydrogen-bond donors (Lipinski definition) is 0. The molecule has 2 aliphatic rings. The number of fused-ring (bicyclic) bond motifs is 2. The summed E-state index contributed by atoms with van der Waals surface area (Å²) >= 11 is 0. The van der Waals surface area contributed by atoms with Crippen molar-refractivity contribution in [3.8, 4) is 17.0 Å². The average molecular weight is 364 g/mol. The van der Waals surface area contributed by atoms with Crippen LogP contribution in [0, 0.1) is 6.92 Å². The lowest BCUT2D eigenvalue weighted by atomic mass is 10.1. The largest absolute Gasteiger partial charge is 0.492 e. The third kappa shape index (κ3) is 3.10. The van der Waals surface area contributed by atoms with E-state index in [1.54, 1.807) is 0 Å². The van der Waals surface area contributed by atoms with Gasteiger partial charge in [0.15, 0.2) is 6.23 Å². The molecule has 0 bridgehead atoms. The highest BCUT2D eigenvalue weighted by atomic mass is 16.5. The van der Waals surface area contributed by atoms with Crippen LogP contribution in [-0.2, 0) is 11.2 Å². The molecular formula is C21H24N4O2. The van der Waals surface area contributed by atoms with Crippen molar-refractivity contribution in [2.75, 3.05) is 13.2 Å². The van der Waals surface area contributed by atoms with Gasteiger partial charge in [-0.25, -0.2) is 4.68 Å². The molecular weight excluding hydrogens is 340 g/mol. The molecule has 0 aromatic carbocycles. The minimum absolute atomic E-state index is 0.0109. The topological polar surface area (TPSA) is 62.1 Å². The summed E-state index contributed by atoms with van der Waals surface area (Å²) in [6.07, 6.45) is 9.84. The Balaban J connectivity index is 0.000000872. The van der Waals surface area contributed by atoms with Crippen LogP contribution in [0.15, 0.2) is 37.8 Å². The fourth-order valence-corrected chi connectivity index (χ4v) is 3.77. The Morgan fingerprint density at radius 3 is 2.85 bits per heavy atom. The van der Waals surface area contributed by atoms with E-state index in [0.717, 1.165) is 65.0 Å². The maximum Gasteiger partial charge on any atom is 0.150 e. The van der Waals surface area contributed by atoms with Gasteiger partial charge in [0.25, 0.3) is 0 Å². The molecule has 3 aromatic rings. The van der Waals surface area contributed by atoms with Gasteiger partial charge in [-0.3, -0.25) is 9.97 Å². The van der Waals surface area contributed by atoms with Crippen LogP contribution >= 0.6 is 0 Å². The Hall–Kier alpha value is -2.73. The molecule has 6 heteroatoms. The first-order valence-corrected chi connectivity index (χ1v) is 9.38. The van der Waals surface area contributed by atoms with E-state index in [1.807, 2.05) is 30.2 Å². The summed E-state index contributed by atoms with van der Waals surface area (Å²) in [6, 6.07) is 2.09. The van der Waals surface area contributed by atoms with E-state index in [0.29, 0.717) is 6.61 Å². The van der Waals surface area contributed by atoms with Gasteiger partial charge in [0.2, 0.25) is 0 Å². The Morgan fingerprint density at radius 2 is 2.04 bits per heavy atom. The van der Waals surface area contributed by atoms with Gasteiger partial charge in [-0.2, -0.15) is 5.10 Å². The van der Waals surface area contributed by atoms with Crippen molar-refractivity contribution in [2.45, 2.75) is 38.8 Å². The normalized spacial score (nSPS) is 18.5. The number of ether oxygens (including phenoxy) is 2. The lowest BCUT2D eigenvalue weighted by molar-refractivity contribution is -0.0366. The van der Waals surface area contributed by atoms with Crippen molar-refractivity contribution in [3.63, 3.8) is 0 Å². The summed E-state index contributed by atoms with van der Waals surface area (Å²) < 4.78 is 13.8. The molecule has 2 aliphatic heterocycles. The third-order valence-corrected chi connectivity index (χ3v) is 5.08. The quantitative estimate of drug-likeness (QED) is 0.637. The second kappa shape index (κ2) is 7.48. The SMILES string of the molecule is C=C.Cc1nc(-c2cncc3c2OCC3)cc2c1cnn2C1CCCCO1. The number of aryl methyl sites for hydroxylation is 1. The van der Waals surface area contributed by atoms with Crippen LogP contribution in [-0.4, -0.2) is 33.0 Å². The van der Waals surface area contributed by atoms with Crippen LogP contribution in [0.1, 0.15) is 36.7 Å². The fraction of sp³-hybridized carbons (Fsp3) is 0.381. The molecule has 0 amide bonds. The molecule has 5 rings (SSSR count). The molecule has 0 N–H and O–H groups in total. The molecule has 5 heterocycles. The van der Waals surface area contributed by atoms with Crippen LogP contribution in [0.3, 0.4) is 0 Å². The van der Waals surface area contributed by atoms with Crippen LogP contribution in [0.2, 0.25) is 0 Å². The van der Waals surface area contributed by atoms with E-state index >= 15 is 0 Å². The zero-order valence-corrected chi connectivity index (χ0v) is 15.6. The summed E-state index contributed by atoms with van der Waals surface area (Å²) in [5, 5.41) is 5.66. The monoisotopic (exact) mass is 364 g/mol. The number of hydrogen-bond acceptors (Lipinski definition) is 5. The predicted molar refractivity (Wildman–Crippen MR) is 105 cm³/mol. The van der Waals surface area contributed by atoms with Crippen molar-refractivity contribution in [3.05, 3.63) is 49.1 Å². The van der Waals surface area contributed by atoms with Crippen molar-refractivity contribution < 1.29 is 9.47 Å². The number of rotatable bonds is 2. The molecule has 1 atom stereocenters. The van der Waals surface area contributed by atoms with Crippen molar-refractivity contribution >= 4 is 10.9 Å². The Kier molecular flexibility index (Phi) is 4.90. The van der Waals surface area contributed by atoms with Gasteiger partial charge in [0, 0.05) is 42.1 Å². The van der Waals surface area contributed by atoms with E-state index in [2.05, 4.69) is 29.3 Å². The highest BCUT2D eigenvalue weighted by Crippen LogP contribution is 2.37. The van der Waals surface area contributed by atoms with Crippen molar-refractivity contribution in [1.29, 1.82) is 0 Å². The van der Waals surface area contributed by atoms with Gasteiger partial charge in [-0.05, 0) is 32.3 Å². The first-order valence-electron chi connectivity index (χ1n) is 9.38. The Morgan fingerprint density at radius 1 is 1.15 bits per heavy atom. The molecule has 0 radical (unpaired) electrons. The fourth-order valence-electron chi connectivity index (χ4n) is 3.77. The summed E-state index contributed by atoms with van der Waals surface area (Å²) in [7, 11) is 0. The minimum atomic E-state index is 0.0109. The van der Waals surface area contributed by atoms with Gasteiger partial charge < -0.3 is 9.47 Å². The standard InChI is InChI=1S/C19H20N4O2.C2H4/c1-12-14-11-21-23(18-4-2-3-6-24-18)17(14)8-16(22-12)15-10-20-9-13-5-7-25-19(13)15;1-2/h8-11,18H,2-7H2,1H3;1-2H2. The van der Waals surface area contributed by atoms with E-state index in [-0.39, 0.29) is 6.23 Å². The summed E-state index contributed by atoms with van der Waals surface area (Å²) in [5.41, 5.74) is 5.02. The summed E-state index contributed by atoms with van der Waals surface area (Å²) in [4.78, 5) is 9.17. The molecule has 3 aromatic heterocycles. The molecule has 1 saturated heterocycles. The molecule has 27 heavy (non-hydrogen) atoms. The van der Waals surface area contributed by atoms with E-state index in [4.69, 9.17) is 14.5 Å². The van der Waals surface area contributed by atoms with Crippen molar-refractivity contribution in [2.24, 2.45) is 0 Å². The average Bonchev–Trinajstić information content (AvgIpc) is 3.37. The molecule has 1 unspecified atom stereocenters. The predicted octanol–water partition coefficient (Wildman–Crippen LogP) is 4.24. The van der Waals surface area contributed by atoms with Crippen LogP contribution in [0.4, 0.5) is 0 Å². The van der Waals surface area contributed by atoms with E-state index in [9.17, 15) is 0 Å². The third-order valence-electron chi connectivity index (χ3n) is 5.08. The highest BCUT2D eigenvalue weighted by molar-refractivity contribution is 5.85. The molecule has 1 fully saturated rings. The zero-order valence-electron chi connectivity index (χ0n) is 15.6. The maximum atomic E-state index is 5.93. The smallest absolute Gasteiger partial charge is 0.150 e. The van der Waals surface area contributed by atoms with Crippen molar-refractivity contribution in [1.82, 2.24) is 19.7 Å². The van der Waals surface area contributed by atoms with E-state index < -0.39 is 0 Å².